The molecular formula is C14H25N3O. The van der Waals surface area contributed by atoms with E-state index in [4.69, 9.17) is 4.74 Å². The average Bonchev–Trinajstić information content (AvgIpc) is 2.88. The monoisotopic (exact) mass is 251 g/mol. The predicted octanol–water partition coefficient (Wildman–Crippen LogP) is 2.68. The molecule has 1 saturated heterocycles. The summed E-state index contributed by atoms with van der Waals surface area (Å²) in [6, 6.07) is 0.417. The minimum atomic E-state index is 0.417. The summed E-state index contributed by atoms with van der Waals surface area (Å²) in [7, 11) is 0. The zero-order valence-corrected chi connectivity index (χ0v) is 11.9. The predicted molar refractivity (Wildman–Crippen MR) is 73.8 cm³/mol. The maximum absolute atomic E-state index is 5.45. The molecule has 1 N–H and O–H groups in total. The summed E-state index contributed by atoms with van der Waals surface area (Å²) in [5, 5.41) is 3.55. The second-order valence-corrected chi connectivity index (χ2v) is 5.81. The van der Waals surface area contributed by atoms with Gasteiger partial charge in [0.15, 0.2) is 0 Å². The summed E-state index contributed by atoms with van der Waals surface area (Å²) in [5.41, 5.74) is 1.08. The molecule has 1 aliphatic heterocycles. The number of nitrogens with zero attached hydrogens (tertiary/aromatic N) is 2. The Balaban J connectivity index is 2.02. The molecule has 0 aliphatic carbocycles. The molecule has 0 spiro atoms. The van der Waals surface area contributed by atoms with Gasteiger partial charge in [-0.25, -0.2) is 4.98 Å². The molecule has 102 valence electrons. The quantitative estimate of drug-likeness (QED) is 0.874. The van der Waals surface area contributed by atoms with Gasteiger partial charge in [-0.3, -0.25) is 0 Å². The largest absolute Gasteiger partial charge is 0.381 e. The van der Waals surface area contributed by atoms with Crippen LogP contribution in [0.15, 0.2) is 6.20 Å². The summed E-state index contributed by atoms with van der Waals surface area (Å²) in [5.74, 6) is 2.24. The van der Waals surface area contributed by atoms with Gasteiger partial charge in [0, 0.05) is 31.3 Å². The Hall–Kier alpha value is -1.03. The molecule has 2 rings (SSSR count). The Kier molecular flexibility index (Phi) is 4.27. The third-order valence-electron chi connectivity index (χ3n) is 3.49. The number of aryl methyl sites for hydroxylation is 1. The first kappa shape index (κ1) is 13.4. The van der Waals surface area contributed by atoms with Crippen LogP contribution >= 0.6 is 0 Å². The van der Waals surface area contributed by atoms with E-state index >= 15 is 0 Å². The van der Waals surface area contributed by atoms with Gasteiger partial charge in [-0.15, -0.1) is 0 Å². The van der Waals surface area contributed by atoms with Gasteiger partial charge in [0.25, 0.3) is 0 Å². The molecule has 1 aromatic rings. The van der Waals surface area contributed by atoms with Gasteiger partial charge in [-0.2, -0.15) is 0 Å². The van der Waals surface area contributed by atoms with Crippen molar-refractivity contribution in [3.63, 3.8) is 0 Å². The van der Waals surface area contributed by atoms with E-state index in [-0.39, 0.29) is 0 Å². The molecule has 2 unspecified atom stereocenters. The van der Waals surface area contributed by atoms with Crippen molar-refractivity contribution in [2.24, 2.45) is 11.8 Å². The highest BCUT2D eigenvalue weighted by Crippen LogP contribution is 2.20. The van der Waals surface area contributed by atoms with E-state index in [1.165, 1.54) is 0 Å². The molecular weight excluding hydrogens is 226 g/mol. The van der Waals surface area contributed by atoms with Gasteiger partial charge in [-0.1, -0.05) is 13.8 Å². The second-order valence-electron chi connectivity index (χ2n) is 5.81. The van der Waals surface area contributed by atoms with Gasteiger partial charge in [0.2, 0.25) is 5.95 Å². The molecule has 1 fully saturated rings. The van der Waals surface area contributed by atoms with E-state index in [9.17, 15) is 0 Å². The van der Waals surface area contributed by atoms with Crippen molar-refractivity contribution >= 4 is 5.95 Å². The molecule has 1 aliphatic rings. The highest BCUT2D eigenvalue weighted by molar-refractivity contribution is 5.30. The first-order valence-electron chi connectivity index (χ1n) is 6.94. The molecule has 2 atom stereocenters. The number of ether oxygens (including phenoxy) is 1. The molecule has 0 saturated carbocycles. The van der Waals surface area contributed by atoms with E-state index in [0.717, 1.165) is 37.8 Å². The number of aromatic nitrogens is 2. The molecule has 4 nitrogen and oxygen atoms in total. The van der Waals surface area contributed by atoms with Crippen LogP contribution in [0.2, 0.25) is 0 Å². The van der Waals surface area contributed by atoms with Crippen molar-refractivity contribution in [1.29, 1.82) is 0 Å². The van der Waals surface area contributed by atoms with Crippen LogP contribution in [0.4, 0.5) is 5.95 Å². The second kappa shape index (κ2) is 5.74. The number of hydrogen-bond donors (Lipinski definition) is 1. The zero-order valence-electron chi connectivity index (χ0n) is 11.9. The van der Waals surface area contributed by atoms with Crippen molar-refractivity contribution in [3.05, 3.63) is 11.9 Å². The molecule has 0 radical (unpaired) electrons. The lowest BCUT2D eigenvalue weighted by Gasteiger charge is -2.21. The Morgan fingerprint density at radius 2 is 2.28 bits per heavy atom. The Labute approximate surface area is 110 Å². The minimum Gasteiger partial charge on any atom is -0.381 e. The molecule has 2 heterocycles. The van der Waals surface area contributed by atoms with E-state index < -0.39 is 0 Å². The number of anilines is 1. The van der Waals surface area contributed by atoms with Crippen molar-refractivity contribution in [3.8, 4) is 0 Å². The summed E-state index contributed by atoms with van der Waals surface area (Å²) in [6.07, 6.45) is 3.28. The summed E-state index contributed by atoms with van der Waals surface area (Å²) in [4.78, 5) is 4.59. The molecule has 0 bridgehead atoms. The summed E-state index contributed by atoms with van der Waals surface area (Å²) in [6.45, 7) is 11.5. The van der Waals surface area contributed by atoms with Crippen LogP contribution in [-0.4, -0.2) is 28.8 Å². The highest BCUT2D eigenvalue weighted by atomic mass is 16.5. The first-order chi connectivity index (χ1) is 8.56. The van der Waals surface area contributed by atoms with Crippen molar-refractivity contribution in [2.45, 2.75) is 46.7 Å². The van der Waals surface area contributed by atoms with Crippen LogP contribution in [0.5, 0.6) is 0 Å². The summed E-state index contributed by atoms with van der Waals surface area (Å²) < 4.78 is 7.68. The number of hydrogen-bond acceptors (Lipinski definition) is 3. The number of nitrogens with one attached hydrogen (secondary N) is 1. The van der Waals surface area contributed by atoms with Crippen LogP contribution in [0, 0.1) is 18.8 Å². The molecule has 18 heavy (non-hydrogen) atoms. The topological polar surface area (TPSA) is 39.1 Å². The lowest BCUT2D eigenvalue weighted by atomic mass is 10.0. The lowest BCUT2D eigenvalue weighted by molar-refractivity contribution is 0.183. The maximum atomic E-state index is 5.45. The van der Waals surface area contributed by atoms with Gasteiger partial charge < -0.3 is 14.6 Å². The fraction of sp³-hybridized carbons (Fsp3) is 0.786. The molecule has 4 heteroatoms. The van der Waals surface area contributed by atoms with E-state index in [0.29, 0.717) is 17.9 Å². The van der Waals surface area contributed by atoms with Gasteiger partial charge in [0.1, 0.15) is 0 Å². The third kappa shape index (κ3) is 3.25. The van der Waals surface area contributed by atoms with Crippen LogP contribution in [-0.2, 0) is 11.3 Å². The van der Waals surface area contributed by atoms with E-state index in [2.05, 4.69) is 41.8 Å². The van der Waals surface area contributed by atoms with Gasteiger partial charge in [0.05, 0.1) is 12.3 Å². The van der Waals surface area contributed by atoms with Crippen LogP contribution < -0.4 is 5.32 Å². The number of rotatable bonds is 5. The molecule has 0 amide bonds. The normalized spacial score (nSPS) is 21.5. The van der Waals surface area contributed by atoms with E-state index in [1.807, 2.05) is 6.92 Å². The van der Waals surface area contributed by atoms with E-state index in [1.54, 1.807) is 0 Å². The smallest absolute Gasteiger partial charge is 0.203 e. The highest BCUT2D eigenvalue weighted by Gasteiger charge is 2.23. The maximum Gasteiger partial charge on any atom is 0.203 e. The van der Waals surface area contributed by atoms with Gasteiger partial charge >= 0.3 is 0 Å². The van der Waals surface area contributed by atoms with Crippen LogP contribution in [0.1, 0.15) is 32.9 Å². The van der Waals surface area contributed by atoms with Crippen molar-refractivity contribution < 1.29 is 4.74 Å². The van der Waals surface area contributed by atoms with Crippen LogP contribution in [0.25, 0.3) is 0 Å². The lowest BCUT2D eigenvalue weighted by Crippen LogP contribution is -2.28. The van der Waals surface area contributed by atoms with Crippen molar-refractivity contribution in [1.82, 2.24) is 9.55 Å². The Morgan fingerprint density at radius 3 is 2.89 bits per heavy atom. The summed E-state index contributed by atoms with van der Waals surface area (Å²) >= 11 is 0. The standard InChI is InChI=1S/C14H25N3O/c1-10(2)7-17-8-11(3)15-14(17)16-12(4)13-5-6-18-9-13/h8,10,12-13H,5-7,9H2,1-4H3,(H,15,16). The average molecular weight is 251 g/mol. The Morgan fingerprint density at radius 1 is 1.50 bits per heavy atom. The van der Waals surface area contributed by atoms with Crippen molar-refractivity contribution in [2.75, 3.05) is 18.5 Å². The third-order valence-corrected chi connectivity index (χ3v) is 3.49. The SMILES string of the molecule is Cc1cn(CC(C)C)c(NC(C)C2CCOC2)n1. The zero-order chi connectivity index (χ0) is 13.1. The molecule has 1 aromatic heterocycles. The van der Waals surface area contributed by atoms with Crippen LogP contribution in [0.3, 0.4) is 0 Å². The van der Waals surface area contributed by atoms with Gasteiger partial charge in [-0.05, 0) is 26.2 Å². The first-order valence-corrected chi connectivity index (χ1v) is 6.94. The Bertz CT molecular complexity index is 380. The molecule has 0 aromatic carbocycles. The number of imidazole rings is 1. The fourth-order valence-electron chi connectivity index (χ4n) is 2.46. The minimum absolute atomic E-state index is 0.417. The fourth-order valence-corrected chi connectivity index (χ4v) is 2.46.